The molecule has 1 heterocycles. The average Bonchev–Trinajstić information content (AvgIpc) is 2.66. The van der Waals surface area contributed by atoms with Crippen molar-refractivity contribution in [2.24, 2.45) is 5.10 Å². The summed E-state index contributed by atoms with van der Waals surface area (Å²) >= 11 is 0. The number of hydrogen-bond acceptors (Lipinski definition) is 5. The van der Waals surface area contributed by atoms with Gasteiger partial charge in [0.1, 0.15) is 0 Å². The predicted octanol–water partition coefficient (Wildman–Crippen LogP) is 0.950. The van der Waals surface area contributed by atoms with Crippen LogP contribution in [0.1, 0.15) is 25.3 Å². The molecule has 2 amide bonds. The zero-order valence-electron chi connectivity index (χ0n) is 15.4. The van der Waals surface area contributed by atoms with Crippen molar-refractivity contribution in [3.05, 3.63) is 35.9 Å². The maximum absolute atomic E-state index is 11.9. The number of hydrogen-bond donors (Lipinski definition) is 2. The van der Waals surface area contributed by atoms with E-state index in [0.717, 1.165) is 38.4 Å². The lowest BCUT2D eigenvalue weighted by Gasteiger charge is -2.26. The Labute approximate surface area is 154 Å². The molecule has 0 spiro atoms. The van der Waals surface area contributed by atoms with Gasteiger partial charge in [-0.05, 0) is 18.9 Å². The van der Waals surface area contributed by atoms with Crippen LogP contribution in [0.15, 0.2) is 35.4 Å². The van der Waals surface area contributed by atoms with Crippen molar-refractivity contribution >= 4 is 17.5 Å². The summed E-state index contributed by atoms with van der Waals surface area (Å²) in [7, 11) is 0. The Morgan fingerprint density at radius 3 is 2.62 bits per heavy atom. The van der Waals surface area contributed by atoms with Gasteiger partial charge in [-0.3, -0.25) is 14.5 Å². The number of carbonyl (C=O) groups is 2. The summed E-state index contributed by atoms with van der Waals surface area (Å²) in [5.74, 6) is -0.237. The molecule has 1 fully saturated rings. The molecule has 0 atom stereocenters. The van der Waals surface area contributed by atoms with Crippen LogP contribution in [0.3, 0.4) is 0 Å². The highest BCUT2D eigenvalue weighted by Crippen LogP contribution is 2.02. The van der Waals surface area contributed by atoms with E-state index < -0.39 is 0 Å². The highest BCUT2D eigenvalue weighted by Gasteiger charge is 2.10. The third kappa shape index (κ3) is 8.22. The molecule has 2 rings (SSSR count). The number of carbonyl (C=O) groups excluding carboxylic acids is 2. The van der Waals surface area contributed by atoms with E-state index in [1.54, 1.807) is 6.92 Å². The molecule has 7 nitrogen and oxygen atoms in total. The van der Waals surface area contributed by atoms with E-state index in [0.29, 0.717) is 25.1 Å². The van der Waals surface area contributed by atoms with Crippen LogP contribution in [0.2, 0.25) is 0 Å². The van der Waals surface area contributed by atoms with Crippen LogP contribution in [0.5, 0.6) is 0 Å². The summed E-state index contributed by atoms with van der Waals surface area (Å²) in [4.78, 5) is 26.0. The Morgan fingerprint density at radius 1 is 1.15 bits per heavy atom. The van der Waals surface area contributed by atoms with Crippen LogP contribution < -0.4 is 10.7 Å². The van der Waals surface area contributed by atoms with E-state index in [1.807, 2.05) is 30.3 Å². The highest BCUT2D eigenvalue weighted by molar-refractivity contribution is 6.00. The topological polar surface area (TPSA) is 83.0 Å². The molecule has 26 heavy (non-hydrogen) atoms. The van der Waals surface area contributed by atoms with E-state index >= 15 is 0 Å². The summed E-state index contributed by atoms with van der Waals surface area (Å²) in [6, 6.07) is 9.83. The molecule has 0 saturated carbocycles. The second kappa shape index (κ2) is 11.4. The van der Waals surface area contributed by atoms with Crippen molar-refractivity contribution in [3.8, 4) is 0 Å². The summed E-state index contributed by atoms with van der Waals surface area (Å²) in [5, 5.41) is 6.88. The van der Waals surface area contributed by atoms with Crippen molar-refractivity contribution in [1.82, 2.24) is 15.6 Å². The third-order valence-electron chi connectivity index (χ3n) is 4.13. The van der Waals surface area contributed by atoms with Crippen LogP contribution in [-0.2, 0) is 20.7 Å². The fourth-order valence-electron chi connectivity index (χ4n) is 2.63. The first-order chi connectivity index (χ1) is 12.6. The molecular weight excluding hydrogens is 332 g/mol. The molecule has 7 heteroatoms. The van der Waals surface area contributed by atoms with Gasteiger partial charge in [-0.1, -0.05) is 30.3 Å². The molecule has 0 unspecified atom stereocenters. The number of hydrazone groups is 1. The van der Waals surface area contributed by atoms with Gasteiger partial charge in [-0.15, -0.1) is 0 Å². The minimum atomic E-state index is -0.152. The Kier molecular flexibility index (Phi) is 8.78. The third-order valence-corrected chi connectivity index (χ3v) is 4.13. The van der Waals surface area contributed by atoms with Crippen LogP contribution in [0.4, 0.5) is 0 Å². The van der Waals surface area contributed by atoms with Crippen LogP contribution in [-0.4, -0.2) is 61.8 Å². The fourth-order valence-corrected chi connectivity index (χ4v) is 2.63. The van der Waals surface area contributed by atoms with Crippen molar-refractivity contribution in [1.29, 1.82) is 0 Å². The van der Waals surface area contributed by atoms with Crippen molar-refractivity contribution in [3.63, 3.8) is 0 Å². The van der Waals surface area contributed by atoms with E-state index in [1.165, 1.54) is 0 Å². The maximum atomic E-state index is 11.9. The van der Waals surface area contributed by atoms with Crippen LogP contribution in [0, 0.1) is 0 Å². The first-order valence-corrected chi connectivity index (χ1v) is 9.06. The SMILES string of the molecule is C/C(CC(=O)NCCN1CCOCC1)=N\NC(=O)CCc1ccccc1. The second-order valence-corrected chi connectivity index (χ2v) is 6.35. The predicted molar refractivity (Wildman–Crippen MR) is 101 cm³/mol. The molecule has 2 N–H and O–H groups in total. The molecule has 0 aromatic heterocycles. The van der Waals surface area contributed by atoms with Crippen LogP contribution >= 0.6 is 0 Å². The fraction of sp³-hybridized carbons (Fsp3) is 0.526. The monoisotopic (exact) mass is 360 g/mol. The van der Waals surface area contributed by atoms with Gasteiger partial charge in [0.25, 0.3) is 0 Å². The van der Waals surface area contributed by atoms with Gasteiger partial charge in [0, 0.05) is 38.3 Å². The molecule has 0 radical (unpaired) electrons. The van der Waals surface area contributed by atoms with Gasteiger partial charge in [0.05, 0.1) is 19.6 Å². The van der Waals surface area contributed by atoms with E-state index in [2.05, 4.69) is 20.7 Å². The summed E-state index contributed by atoms with van der Waals surface area (Å²) in [6.07, 6.45) is 1.22. The smallest absolute Gasteiger partial charge is 0.240 e. The zero-order chi connectivity index (χ0) is 18.6. The van der Waals surface area contributed by atoms with Crippen LogP contribution in [0.25, 0.3) is 0 Å². The Balaban J connectivity index is 1.58. The molecule has 0 aliphatic carbocycles. The number of morpholine rings is 1. The highest BCUT2D eigenvalue weighted by atomic mass is 16.5. The van der Waals surface area contributed by atoms with Gasteiger partial charge in [0.2, 0.25) is 11.8 Å². The molecule has 1 saturated heterocycles. The number of aryl methyl sites for hydroxylation is 1. The minimum absolute atomic E-state index is 0.0851. The van der Waals surface area contributed by atoms with Gasteiger partial charge >= 0.3 is 0 Å². The lowest BCUT2D eigenvalue weighted by atomic mass is 10.1. The molecule has 1 aromatic carbocycles. The normalized spacial score (nSPS) is 15.5. The Morgan fingerprint density at radius 2 is 1.88 bits per heavy atom. The lowest BCUT2D eigenvalue weighted by Crippen LogP contribution is -2.41. The lowest BCUT2D eigenvalue weighted by molar-refractivity contribution is -0.121. The quantitative estimate of drug-likeness (QED) is 0.507. The summed E-state index contributed by atoms with van der Waals surface area (Å²) in [5.41, 5.74) is 4.21. The average molecular weight is 360 g/mol. The first kappa shape index (κ1) is 20.1. The number of amides is 2. The zero-order valence-corrected chi connectivity index (χ0v) is 15.4. The number of benzene rings is 1. The number of ether oxygens (including phenoxy) is 1. The largest absolute Gasteiger partial charge is 0.379 e. The van der Waals surface area contributed by atoms with Gasteiger partial charge in [-0.25, -0.2) is 5.43 Å². The standard InChI is InChI=1S/C19H28N4O3/c1-16(15-19(25)20-9-10-23-11-13-26-14-12-23)21-22-18(24)8-7-17-5-3-2-4-6-17/h2-6H,7-15H2,1H3,(H,20,25)(H,22,24)/b21-16+. The molecule has 1 aliphatic heterocycles. The molecular formula is C19H28N4O3. The van der Waals surface area contributed by atoms with E-state index in [9.17, 15) is 9.59 Å². The molecule has 1 aromatic rings. The molecule has 142 valence electrons. The van der Waals surface area contributed by atoms with Gasteiger partial charge in [0.15, 0.2) is 0 Å². The number of nitrogens with one attached hydrogen (secondary N) is 2. The molecule has 0 bridgehead atoms. The Bertz CT molecular complexity index is 598. The van der Waals surface area contributed by atoms with Crippen molar-refractivity contribution in [2.75, 3.05) is 39.4 Å². The van der Waals surface area contributed by atoms with Crippen molar-refractivity contribution < 1.29 is 14.3 Å². The van der Waals surface area contributed by atoms with E-state index in [-0.39, 0.29) is 18.2 Å². The van der Waals surface area contributed by atoms with E-state index in [4.69, 9.17) is 4.74 Å². The first-order valence-electron chi connectivity index (χ1n) is 9.06. The number of nitrogens with zero attached hydrogens (tertiary/aromatic N) is 2. The number of rotatable bonds is 9. The second-order valence-electron chi connectivity index (χ2n) is 6.35. The maximum Gasteiger partial charge on any atom is 0.240 e. The van der Waals surface area contributed by atoms with Gasteiger partial charge in [-0.2, -0.15) is 5.10 Å². The summed E-state index contributed by atoms with van der Waals surface area (Å²) < 4.78 is 5.29. The Hall–Kier alpha value is -2.25. The summed E-state index contributed by atoms with van der Waals surface area (Å²) in [6.45, 7) is 6.49. The minimum Gasteiger partial charge on any atom is -0.379 e. The van der Waals surface area contributed by atoms with Crippen molar-refractivity contribution in [2.45, 2.75) is 26.2 Å². The molecule has 1 aliphatic rings. The van der Waals surface area contributed by atoms with Gasteiger partial charge < -0.3 is 10.1 Å².